The first-order valence-corrected chi connectivity index (χ1v) is 9.61. The van der Waals surface area contributed by atoms with Crippen LogP contribution < -0.4 is 10.6 Å². The molecule has 3 rings (SSSR count). The first-order chi connectivity index (χ1) is 11.5. The van der Waals surface area contributed by atoms with Crippen LogP contribution in [0, 0.1) is 0 Å². The number of nitrogens with zero attached hydrogens (tertiary/aromatic N) is 1. The molecule has 0 bridgehead atoms. The normalized spacial score (nSPS) is 22.2. The van der Waals surface area contributed by atoms with E-state index in [4.69, 9.17) is 0 Å². The molecule has 0 saturated carbocycles. The Bertz CT molecular complexity index is 724. The van der Waals surface area contributed by atoms with Crippen LogP contribution in [0.5, 0.6) is 0 Å². The zero-order valence-electron chi connectivity index (χ0n) is 13.3. The molecule has 0 aliphatic carbocycles. The monoisotopic (exact) mass is 351 g/mol. The maximum atomic E-state index is 12.6. The van der Waals surface area contributed by atoms with E-state index in [0.29, 0.717) is 31.6 Å². The van der Waals surface area contributed by atoms with Crippen molar-refractivity contribution in [2.24, 2.45) is 0 Å². The van der Waals surface area contributed by atoms with Gasteiger partial charge in [0, 0.05) is 25.2 Å². The van der Waals surface area contributed by atoms with Gasteiger partial charge in [0.05, 0.1) is 4.90 Å². The van der Waals surface area contributed by atoms with Gasteiger partial charge in [0.25, 0.3) is 0 Å². The minimum Gasteiger partial charge on any atom is -0.344 e. The van der Waals surface area contributed by atoms with Crippen LogP contribution in [0.3, 0.4) is 0 Å². The Hall–Kier alpha value is -1.93. The van der Waals surface area contributed by atoms with E-state index in [1.807, 2.05) is 0 Å². The van der Waals surface area contributed by atoms with Crippen molar-refractivity contribution in [1.29, 1.82) is 0 Å². The molecule has 7 nitrogen and oxygen atoms in total. The van der Waals surface area contributed by atoms with Crippen molar-refractivity contribution >= 4 is 27.5 Å². The molecule has 2 amide bonds. The minimum absolute atomic E-state index is 0.127. The molecule has 1 aromatic carbocycles. The summed E-state index contributed by atoms with van der Waals surface area (Å²) in [6.45, 7) is 1.12. The van der Waals surface area contributed by atoms with E-state index in [-0.39, 0.29) is 16.7 Å². The average Bonchev–Trinajstić information content (AvgIpc) is 3.03. The highest BCUT2D eigenvalue weighted by Gasteiger charge is 2.28. The molecule has 1 atom stereocenters. The topological polar surface area (TPSA) is 95.6 Å². The van der Waals surface area contributed by atoms with Gasteiger partial charge in [0.15, 0.2) is 0 Å². The smallest absolute Gasteiger partial charge is 0.246 e. The summed E-state index contributed by atoms with van der Waals surface area (Å²) in [5, 5.41) is 5.30. The molecule has 2 aliphatic rings. The van der Waals surface area contributed by atoms with Gasteiger partial charge in [-0.25, -0.2) is 8.42 Å². The molecule has 0 radical (unpaired) electrons. The van der Waals surface area contributed by atoms with Crippen molar-refractivity contribution < 1.29 is 18.0 Å². The Morgan fingerprint density at radius 2 is 1.79 bits per heavy atom. The van der Waals surface area contributed by atoms with E-state index in [2.05, 4.69) is 10.6 Å². The molecule has 2 heterocycles. The third kappa shape index (κ3) is 3.59. The van der Waals surface area contributed by atoms with Gasteiger partial charge >= 0.3 is 0 Å². The standard InChI is InChI=1S/C16H21N3O4S/c20-15-9-8-14(18-15)16(21)17-12-4-6-13(7-5-12)24(22,23)19-10-2-1-3-11-19/h4-7,14H,1-3,8-11H2,(H,17,21)(H,18,20)/t14-/m1/s1. The van der Waals surface area contributed by atoms with Crippen molar-refractivity contribution in [2.75, 3.05) is 18.4 Å². The fourth-order valence-corrected chi connectivity index (χ4v) is 4.52. The largest absolute Gasteiger partial charge is 0.344 e. The van der Waals surface area contributed by atoms with E-state index < -0.39 is 16.1 Å². The second kappa shape index (κ2) is 6.90. The maximum absolute atomic E-state index is 12.6. The number of hydrogen-bond donors (Lipinski definition) is 2. The summed E-state index contributed by atoms with van der Waals surface area (Å²) < 4.78 is 26.6. The van der Waals surface area contributed by atoms with Crippen LogP contribution in [0.1, 0.15) is 32.1 Å². The Morgan fingerprint density at radius 3 is 2.38 bits per heavy atom. The molecule has 1 aromatic rings. The van der Waals surface area contributed by atoms with Gasteiger partial charge < -0.3 is 10.6 Å². The molecule has 0 unspecified atom stereocenters. The lowest BCUT2D eigenvalue weighted by molar-refractivity contribution is -0.122. The van der Waals surface area contributed by atoms with Gasteiger partial charge in [-0.2, -0.15) is 4.31 Å². The number of hydrogen-bond acceptors (Lipinski definition) is 4. The molecule has 2 N–H and O–H groups in total. The number of amides is 2. The SMILES string of the molecule is O=C1CC[C@H](C(=O)Nc2ccc(S(=O)(=O)N3CCCCC3)cc2)N1. The molecule has 8 heteroatoms. The highest BCUT2D eigenvalue weighted by atomic mass is 32.2. The van der Waals surface area contributed by atoms with Crippen LogP contribution >= 0.6 is 0 Å². The highest BCUT2D eigenvalue weighted by molar-refractivity contribution is 7.89. The summed E-state index contributed by atoms with van der Waals surface area (Å²) in [5.41, 5.74) is 0.513. The Balaban J connectivity index is 1.66. The molecule has 130 valence electrons. The van der Waals surface area contributed by atoms with Gasteiger partial charge in [-0.05, 0) is 43.5 Å². The summed E-state index contributed by atoms with van der Waals surface area (Å²) in [7, 11) is -3.47. The van der Waals surface area contributed by atoms with E-state index in [9.17, 15) is 18.0 Å². The first-order valence-electron chi connectivity index (χ1n) is 8.17. The van der Waals surface area contributed by atoms with Crippen LogP contribution in [-0.2, 0) is 19.6 Å². The second-order valence-corrected chi connectivity index (χ2v) is 8.08. The molecular formula is C16H21N3O4S. The molecule has 0 spiro atoms. The average molecular weight is 351 g/mol. The Kier molecular flexibility index (Phi) is 4.86. The second-order valence-electron chi connectivity index (χ2n) is 6.14. The number of carbonyl (C=O) groups excluding carboxylic acids is 2. The third-order valence-electron chi connectivity index (χ3n) is 4.39. The number of benzene rings is 1. The summed E-state index contributed by atoms with van der Waals surface area (Å²) in [6, 6.07) is 5.64. The zero-order chi connectivity index (χ0) is 17.2. The van der Waals surface area contributed by atoms with Gasteiger partial charge in [0.2, 0.25) is 21.8 Å². The van der Waals surface area contributed by atoms with Crippen molar-refractivity contribution in [3.63, 3.8) is 0 Å². The lowest BCUT2D eigenvalue weighted by Gasteiger charge is -2.25. The molecule has 0 aromatic heterocycles. The summed E-state index contributed by atoms with van der Waals surface area (Å²) in [6.07, 6.45) is 3.67. The number of sulfonamides is 1. The number of rotatable bonds is 4. The number of piperidine rings is 1. The van der Waals surface area contributed by atoms with Gasteiger partial charge in [0.1, 0.15) is 6.04 Å². The van der Waals surface area contributed by atoms with Gasteiger partial charge in [-0.3, -0.25) is 9.59 Å². The maximum Gasteiger partial charge on any atom is 0.246 e. The number of nitrogens with one attached hydrogen (secondary N) is 2. The Morgan fingerprint density at radius 1 is 1.12 bits per heavy atom. The highest BCUT2D eigenvalue weighted by Crippen LogP contribution is 2.22. The molecular weight excluding hydrogens is 330 g/mol. The summed E-state index contributed by atoms with van der Waals surface area (Å²) >= 11 is 0. The van der Waals surface area contributed by atoms with Crippen LogP contribution in [-0.4, -0.2) is 43.7 Å². The van der Waals surface area contributed by atoms with E-state index in [1.54, 1.807) is 12.1 Å². The van der Waals surface area contributed by atoms with Crippen LogP contribution in [0.15, 0.2) is 29.2 Å². The zero-order valence-corrected chi connectivity index (χ0v) is 14.1. The Labute approximate surface area is 141 Å². The third-order valence-corrected chi connectivity index (χ3v) is 6.30. The minimum atomic E-state index is -3.47. The first kappa shape index (κ1) is 16.9. The summed E-state index contributed by atoms with van der Waals surface area (Å²) in [4.78, 5) is 23.4. The summed E-state index contributed by atoms with van der Waals surface area (Å²) in [5.74, 6) is -0.411. The molecule has 2 fully saturated rings. The quantitative estimate of drug-likeness (QED) is 0.848. The van der Waals surface area contributed by atoms with Crippen LogP contribution in [0.2, 0.25) is 0 Å². The number of anilines is 1. The molecule has 2 aliphatic heterocycles. The van der Waals surface area contributed by atoms with Crippen molar-refractivity contribution in [2.45, 2.75) is 43.0 Å². The van der Waals surface area contributed by atoms with Crippen LogP contribution in [0.4, 0.5) is 5.69 Å². The lowest BCUT2D eigenvalue weighted by atomic mass is 10.2. The van der Waals surface area contributed by atoms with E-state index in [0.717, 1.165) is 19.3 Å². The van der Waals surface area contributed by atoms with Gasteiger partial charge in [-0.1, -0.05) is 6.42 Å². The molecule has 2 saturated heterocycles. The van der Waals surface area contributed by atoms with Crippen molar-refractivity contribution in [3.8, 4) is 0 Å². The van der Waals surface area contributed by atoms with Crippen LogP contribution in [0.25, 0.3) is 0 Å². The fraction of sp³-hybridized carbons (Fsp3) is 0.500. The predicted molar refractivity (Wildman–Crippen MR) is 88.8 cm³/mol. The number of carbonyl (C=O) groups is 2. The lowest BCUT2D eigenvalue weighted by Crippen LogP contribution is -2.37. The fourth-order valence-electron chi connectivity index (χ4n) is 3.00. The van der Waals surface area contributed by atoms with E-state index >= 15 is 0 Å². The van der Waals surface area contributed by atoms with Crippen molar-refractivity contribution in [3.05, 3.63) is 24.3 Å². The molecule has 24 heavy (non-hydrogen) atoms. The predicted octanol–water partition coefficient (Wildman–Crippen LogP) is 1.08. The van der Waals surface area contributed by atoms with Gasteiger partial charge in [-0.15, -0.1) is 0 Å². The van der Waals surface area contributed by atoms with E-state index in [1.165, 1.54) is 16.4 Å². The van der Waals surface area contributed by atoms with Crippen molar-refractivity contribution in [1.82, 2.24) is 9.62 Å².